The monoisotopic (exact) mass is 262 g/mol. The van der Waals surface area contributed by atoms with Gasteiger partial charge in [-0.05, 0) is 38.5 Å². The van der Waals surface area contributed by atoms with E-state index in [2.05, 4.69) is 12.2 Å². The van der Waals surface area contributed by atoms with Gasteiger partial charge in [-0.2, -0.15) is 0 Å². The van der Waals surface area contributed by atoms with Crippen LogP contribution in [0.3, 0.4) is 0 Å². The molecule has 0 aliphatic heterocycles. The number of hydrogen-bond acceptors (Lipinski definition) is 2. The Bertz CT molecular complexity index is 238. The number of carbonyl (C=O) groups is 1. The van der Waals surface area contributed by atoms with Crippen molar-refractivity contribution < 1.29 is 4.79 Å². The molecule has 17 heavy (non-hydrogen) atoms. The maximum Gasteiger partial charge on any atom is 0.239 e. The predicted octanol–water partition coefficient (Wildman–Crippen LogP) is 2.48. The second-order valence-electron chi connectivity index (χ2n) is 5.90. The van der Waals surface area contributed by atoms with Gasteiger partial charge in [0.15, 0.2) is 0 Å². The van der Waals surface area contributed by atoms with E-state index in [1.165, 1.54) is 25.7 Å². The molecule has 102 valence electrons. The number of rotatable bonds is 4. The molecule has 2 atom stereocenters. The lowest BCUT2D eigenvalue weighted by Gasteiger charge is -2.27. The minimum absolute atomic E-state index is 0. The fourth-order valence-corrected chi connectivity index (χ4v) is 2.44. The normalized spacial score (nSPS) is 24.9. The fraction of sp³-hybridized carbons (Fsp3) is 0.923. The summed E-state index contributed by atoms with van der Waals surface area (Å²) < 4.78 is 0. The van der Waals surface area contributed by atoms with Gasteiger partial charge in [-0.15, -0.1) is 12.4 Å². The average molecular weight is 263 g/mol. The third kappa shape index (κ3) is 6.27. The summed E-state index contributed by atoms with van der Waals surface area (Å²) in [4.78, 5) is 11.5. The van der Waals surface area contributed by atoms with Gasteiger partial charge >= 0.3 is 0 Å². The van der Waals surface area contributed by atoms with Crippen LogP contribution in [0.5, 0.6) is 0 Å². The highest BCUT2D eigenvalue weighted by Gasteiger charge is 2.22. The Hall–Kier alpha value is -0.280. The van der Waals surface area contributed by atoms with E-state index < -0.39 is 5.54 Å². The van der Waals surface area contributed by atoms with Crippen molar-refractivity contribution in [2.45, 2.75) is 58.4 Å². The van der Waals surface area contributed by atoms with E-state index in [0.29, 0.717) is 0 Å². The van der Waals surface area contributed by atoms with Crippen LogP contribution in [0.1, 0.15) is 52.9 Å². The molecule has 1 rings (SSSR count). The average Bonchev–Trinajstić information content (AvgIpc) is 2.16. The molecule has 2 unspecified atom stereocenters. The molecule has 0 radical (unpaired) electrons. The first-order valence-corrected chi connectivity index (χ1v) is 6.46. The Morgan fingerprint density at radius 2 is 2.06 bits per heavy atom. The third-order valence-corrected chi connectivity index (χ3v) is 3.47. The number of hydrogen-bond donors (Lipinski definition) is 2. The van der Waals surface area contributed by atoms with Crippen LogP contribution in [-0.2, 0) is 4.79 Å². The summed E-state index contributed by atoms with van der Waals surface area (Å²) in [5.74, 6) is 1.61. The predicted molar refractivity (Wildman–Crippen MR) is 74.3 cm³/mol. The molecule has 3 N–H and O–H groups in total. The lowest BCUT2D eigenvalue weighted by atomic mass is 9.81. The fourth-order valence-electron chi connectivity index (χ4n) is 2.44. The topological polar surface area (TPSA) is 55.1 Å². The molecule has 1 aliphatic rings. The first-order chi connectivity index (χ1) is 7.39. The van der Waals surface area contributed by atoms with Gasteiger partial charge in [0, 0.05) is 6.54 Å². The highest BCUT2D eigenvalue weighted by atomic mass is 35.5. The first-order valence-electron chi connectivity index (χ1n) is 6.46. The molecular weight excluding hydrogens is 236 g/mol. The second-order valence-corrected chi connectivity index (χ2v) is 5.90. The van der Waals surface area contributed by atoms with Crippen molar-refractivity contribution >= 4 is 18.3 Å². The third-order valence-electron chi connectivity index (χ3n) is 3.47. The van der Waals surface area contributed by atoms with Crippen LogP contribution in [0.25, 0.3) is 0 Å². The number of nitrogens with one attached hydrogen (secondary N) is 1. The molecule has 4 heteroatoms. The van der Waals surface area contributed by atoms with Gasteiger partial charge in [-0.3, -0.25) is 4.79 Å². The lowest BCUT2D eigenvalue weighted by molar-refractivity contribution is -0.125. The van der Waals surface area contributed by atoms with Crippen molar-refractivity contribution in [1.82, 2.24) is 5.32 Å². The van der Waals surface area contributed by atoms with Gasteiger partial charge in [-0.1, -0.05) is 26.2 Å². The molecule has 0 bridgehead atoms. The van der Waals surface area contributed by atoms with Gasteiger partial charge in [0.2, 0.25) is 5.91 Å². The molecule has 0 aromatic carbocycles. The molecular formula is C13H27ClN2O. The van der Waals surface area contributed by atoms with Gasteiger partial charge in [0.05, 0.1) is 5.54 Å². The Morgan fingerprint density at radius 3 is 2.59 bits per heavy atom. The minimum atomic E-state index is -0.750. The molecule has 1 fully saturated rings. The standard InChI is InChI=1S/C13H26N2O.ClH/c1-10-5-4-6-11(9-10)7-8-15-12(16)13(2,3)14;/h10-11H,4-9,14H2,1-3H3,(H,15,16);1H. The zero-order valence-corrected chi connectivity index (χ0v) is 12.1. The molecule has 0 saturated heterocycles. The lowest BCUT2D eigenvalue weighted by Crippen LogP contribution is -2.49. The first kappa shape index (κ1) is 16.7. The highest BCUT2D eigenvalue weighted by molar-refractivity contribution is 5.85. The van der Waals surface area contributed by atoms with Gasteiger partial charge in [0.1, 0.15) is 0 Å². The SMILES string of the molecule is CC1CCCC(CCNC(=O)C(C)(C)N)C1.Cl. The molecule has 0 spiro atoms. The van der Waals surface area contributed by atoms with Crippen molar-refractivity contribution in [3.8, 4) is 0 Å². The largest absolute Gasteiger partial charge is 0.355 e. The van der Waals surface area contributed by atoms with E-state index in [1.54, 1.807) is 13.8 Å². The van der Waals surface area contributed by atoms with Crippen LogP contribution >= 0.6 is 12.4 Å². The molecule has 0 heterocycles. The summed E-state index contributed by atoms with van der Waals surface area (Å²) in [6.45, 7) is 6.58. The molecule has 3 nitrogen and oxygen atoms in total. The maximum atomic E-state index is 11.5. The van der Waals surface area contributed by atoms with Gasteiger partial charge in [0.25, 0.3) is 0 Å². The summed E-state index contributed by atoms with van der Waals surface area (Å²) in [6.07, 6.45) is 6.47. The van der Waals surface area contributed by atoms with Gasteiger partial charge < -0.3 is 11.1 Å². The highest BCUT2D eigenvalue weighted by Crippen LogP contribution is 2.30. The summed E-state index contributed by atoms with van der Waals surface area (Å²) in [5, 5.41) is 2.92. The number of halogens is 1. The molecule has 0 aromatic heterocycles. The van der Waals surface area contributed by atoms with E-state index in [9.17, 15) is 4.79 Å². The quantitative estimate of drug-likeness (QED) is 0.818. The van der Waals surface area contributed by atoms with Crippen LogP contribution in [-0.4, -0.2) is 18.0 Å². The number of carbonyl (C=O) groups excluding carboxylic acids is 1. The number of nitrogens with two attached hydrogens (primary N) is 1. The maximum absolute atomic E-state index is 11.5. The zero-order chi connectivity index (χ0) is 12.2. The van der Waals surface area contributed by atoms with Crippen LogP contribution in [0.15, 0.2) is 0 Å². The summed E-state index contributed by atoms with van der Waals surface area (Å²) in [5.41, 5.74) is 4.96. The van der Waals surface area contributed by atoms with Crippen LogP contribution in [0.4, 0.5) is 0 Å². The van der Waals surface area contributed by atoms with E-state index in [1.807, 2.05) is 0 Å². The Labute approximate surface area is 111 Å². The van der Waals surface area contributed by atoms with E-state index >= 15 is 0 Å². The molecule has 1 aliphatic carbocycles. The van der Waals surface area contributed by atoms with E-state index in [4.69, 9.17) is 5.73 Å². The zero-order valence-electron chi connectivity index (χ0n) is 11.3. The Balaban J connectivity index is 0.00000256. The van der Waals surface area contributed by atoms with Crippen molar-refractivity contribution in [3.05, 3.63) is 0 Å². The van der Waals surface area contributed by atoms with Crippen LogP contribution in [0, 0.1) is 11.8 Å². The minimum Gasteiger partial charge on any atom is -0.355 e. The van der Waals surface area contributed by atoms with E-state index in [-0.39, 0.29) is 18.3 Å². The van der Waals surface area contributed by atoms with Crippen LogP contribution < -0.4 is 11.1 Å². The van der Waals surface area contributed by atoms with Crippen molar-refractivity contribution in [2.24, 2.45) is 17.6 Å². The molecule has 1 amide bonds. The summed E-state index contributed by atoms with van der Waals surface area (Å²) >= 11 is 0. The Morgan fingerprint density at radius 1 is 1.41 bits per heavy atom. The molecule has 1 saturated carbocycles. The van der Waals surface area contributed by atoms with Crippen molar-refractivity contribution in [1.29, 1.82) is 0 Å². The number of amides is 1. The van der Waals surface area contributed by atoms with Gasteiger partial charge in [-0.25, -0.2) is 0 Å². The smallest absolute Gasteiger partial charge is 0.239 e. The van der Waals surface area contributed by atoms with Crippen LogP contribution in [0.2, 0.25) is 0 Å². The van der Waals surface area contributed by atoms with Crippen molar-refractivity contribution in [3.63, 3.8) is 0 Å². The molecule has 0 aromatic rings. The van der Waals surface area contributed by atoms with Crippen molar-refractivity contribution in [2.75, 3.05) is 6.54 Å². The summed E-state index contributed by atoms with van der Waals surface area (Å²) in [7, 11) is 0. The second kappa shape index (κ2) is 7.22. The Kier molecular flexibility index (Phi) is 7.10. The van der Waals surface area contributed by atoms with E-state index in [0.717, 1.165) is 24.8 Å². The summed E-state index contributed by atoms with van der Waals surface area (Å²) in [6, 6.07) is 0.